The number of para-hydroxylation sites is 1. The molecular formula is C14H18N2S2. The first kappa shape index (κ1) is 13.4. The molecule has 0 aliphatic carbocycles. The minimum absolute atomic E-state index is 0.895. The molecule has 0 spiro atoms. The second-order valence-corrected chi connectivity index (χ2v) is 6.22. The summed E-state index contributed by atoms with van der Waals surface area (Å²) >= 11 is 3.53. The smallest absolute Gasteiger partial charge is 0.0928 e. The number of aryl methyl sites for hydroxylation is 2. The lowest BCUT2D eigenvalue weighted by molar-refractivity contribution is 0.902. The zero-order valence-corrected chi connectivity index (χ0v) is 12.4. The largest absolute Gasteiger partial charge is 0.398 e. The van der Waals surface area contributed by atoms with E-state index in [9.17, 15) is 0 Å². The van der Waals surface area contributed by atoms with Crippen molar-refractivity contribution in [3.8, 4) is 0 Å². The molecule has 0 unspecified atom stereocenters. The van der Waals surface area contributed by atoms with Gasteiger partial charge in [-0.2, -0.15) is 0 Å². The van der Waals surface area contributed by atoms with Crippen LogP contribution in [0.25, 0.3) is 0 Å². The van der Waals surface area contributed by atoms with E-state index in [1.807, 2.05) is 13.0 Å². The number of hydrogen-bond donors (Lipinski definition) is 1. The van der Waals surface area contributed by atoms with Crippen molar-refractivity contribution < 1.29 is 0 Å². The average Bonchev–Trinajstić information content (AvgIpc) is 2.79. The van der Waals surface area contributed by atoms with E-state index in [0.717, 1.165) is 40.4 Å². The number of nitrogens with zero attached hydrogens (tertiary/aromatic N) is 1. The first-order valence-corrected chi connectivity index (χ1v) is 7.98. The highest BCUT2D eigenvalue weighted by molar-refractivity contribution is 7.98. The van der Waals surface area contributed by atoms with Crippen molar-refractivity contribution >= 4 is 28.8 Å². The van der Waals surface area contributed by atoms with Gasteiger partial charge in [0.2, 0.25) is 0 Å². The topological polar surface area (TPSA) is 38.9 Å². The van der Waals surface area contributed by atoms with E-state index in [2.05, 4.69) is 29.4 Å². The van der Waals surface area contributed by atoms with Crippen LogP contribution in [-0.4, -0.2) is 4.98 Å². The summed E-state index contributed by atoms with van der Waals surface area (Å²) < 4.78 is 0. The molecule has 0 radical (unpaired) electrons. The molecule has 0 bridgehead atoms. The number of thioether (sulfide) groups is 1. The molecule has 0 saturated heterocycles. The standard InChI is InChI=1S/C14H18N2S2/c1-3-5-13-16-11(9-18-13)8-17-12-7-4-6-10(2)14(12)15/h4,6-7,9H,3,5,8,15H2,1-2H3. The summed E-state index contributed by atoms with van der Waals surface area (Å²) in [6.07, 6.45) is 2.24. The van der Waals surface area contributed by atoms with Gasteiger partial charge >= 0.3 is 0 Å². The molecule has 0 fully saturated rings. The number of benzene rings is 1. The average molecular weight is 278 g/mol. The molecule has 18 heavy (non-hydrogen) atoms. The molecule has 1 heterocycles. The summed E-state index contributed by atoms with van der Waals surface area (Å²) in [5.74, 6) is 0.897. The molecule has 0 aliphatic heterocycles. The van der Waals surface area contributed by atoms with Crippen molar-refractivity contribution in [1.82, 2.24) is 4.98 Å². The van der Waals surface area contributed by atoms with E-state index in [-0.39, 0.29) is 0 Å². The third-order valence-electron chi connectivity index (χ3n) is 2.72. The van der Waals surface area contributed by atoms with E-state index < -0.39 is 0 Å². The maximum absolute atomic E-state index is 6.06. The Morgan fingerprint density at radius 1 is 1.39 bits per heavy atom. The highest BCUT2D eigenvalue weighted by Gasteiger charge is 2.05. The van der Waals surface area contributed by atoms with Crippen LogP contribution in [0.2, 0.25) is 0 Å². The second kappa shape index (κ2) is 6.25. The van der Waals surface area contributed by atoms with Crippen molar-refractivity contribution in [3.63, 3.8) is 0 Å². The number of nitrogen functional groups attached to an aromatic ring is 1. The van der Waals surface area contributed by atoms with Gasteiger partial charge < -0.3 is 5.73 Å². The van der Waals surface area contributed by atoms with Crippen LogP contribution in [0.4, 0.5) is 5.69 Å². The zero-order chi connectivity index (χ0) is 13.0. The van der Waals surface area contributed by atoms with Crippen LogP contribution in [-0.2, 0) is 12.2 Å². The van der Waals surface area contributed by atoms with Crippen LogP contribution in [0, 0.1) is 6.92 Å². The van der Waals surface area contributed by atoms with Gasteiger partial charge in [-0.25, -0.2) is 4.98 Å². The Morgan fingerprint density at radius 3 is 3.00 bits per heavy atom. The Bertz CT molecular complexity index is 520. The minimum Gasteiger partial charge on any atom is -0.398 e. The third kappa shape index (κ3) is 3.27. The number of thiazole rings is 1. The molecule has 0 atom stereocenters. The highest BCUT2D eigenvalue weighted by atomic mass is 32.2. The van der Waals surface area contributed by atoms with Gasteiger partial charge in [-0.3, -0.25) is 0 Å². The molecule has 96 valence electrons. The fourth-order valence-electron chi connectivity index (χ4n) is 1.68. The van der Waals surface area contributed by atoms with Crippen molar-refractivity contribution in [2.45, 2.75) is 37.3 Å². The van der Waals surface area contributed by atoms with Crippen molar-refractivity contribution in [1.29, 1.82) is 0 Å². The van der Waals surface area contributed by atoms with Crippen LogP contribution in [0.3, 0.4) is 0 Å². The lowest BCUT2D eigenvalue weighted by atomic mass is 10.2. The Hall–Kier alpha value is -1.00. The monoisotopic (exact) mass is 278 g/mol. The van der Waals surface area contributed by atoms with E-state index in [1.165, 1.54) is 5.01 Å². The minimum atomic E-state index is 0.895. The molecule has 2 aromatic rings. The molecule has 0 aliphatic rings. The van der Waals surface area contributed by atoms with Crippen LogP contribution in [0.15, 0.2) is 28.5 Å². The number of nitrogens with two attached hydrogens (primary N) is 1. The maximum atomic E-state index is 6.06. The predicted molar refractivity (Wildman–Crippen MR) is 81.3 cm³/mol. The number of aromatic nitrogens is 1. The summed E-state index contributed by atoms with van der Waals surface area (Å²) in [5, 5.41) is 3.40. The summed E-state index contributed by atoms with van der Waals surface area (Å²) in [5.41, 5.74) is 9.26. The lowest BCUT2D eigenvalue weighted by Gasteiger charge is -2.06. The fraction of sp³-hybridized carbons (Fsp3) is 0.357. The number of hydrogen-bond acceptors (Lipinski definition) is 4. The van der Waals surface area contributed by atoms with Crippen LogP contribution < -0.4 is 5.73 Å². The Balaban J connectivity index is 2.00. The first-order chi connectivity index (χ1) is 8.70. The number of rotatable bonds is 5. The molecule has 0 saturated carbocycles. The normalized spacial score (nSPS) is 10.8. The van der Waals surface area contributed by atoms with Gasteiger partial charge in [0.1, 0.15) is 0 Å². The van der Waals surface area contributed by atoms with E-state index in [1.54, 1.807) is 23.1 Å². The van der Waals surface area contributed by atoms with Gasteiger partial charge in [-0.15, -0.1) is 23.1 Å². The van der Waals surface area contributed by atoms with E-state index in [4.69, 9.17) is 5.73 Å². The Kier molecular flexibility index (Phi) is 4.66. The Morgan fingerprint density at radius 2 is 2.22 bits per heavy atom. The van der Waals surface area contributed by atoms with Crippen LogP contribution >= 0.6 is 23.1 Å². The van der Waals surface area contributed by atoms with Gasteiger partial charge in [-0.05, 0) is 31.4 Å². The first-order valence-electron chi connectivity index (χ1n) is 6.12. The maximum Gasteiger partial charge on any atom is 0.0928 e. The second-order valence-electron chi connectivity index (χ2n) is 4.26. The number of anilines is 1. The van der Waals surface area contributed by atoms with Gasteiger partial charge in [0.05, 0.1) is 10.7 Å². The van der Waals surface area contributed by atoms with Crippen molar-refractivity contribution in [3.05, 3.63) is 39.8 Å². The van der Waals surface area contributed by atoms with Gasteiger partial charge in [0, 0.05) is 21.7 Å². The zero-order valence-electron chi connectivity index (χ0n) is 10.8. The highest BCUT2D eigenvalue weighted by Crippen LogP contribution is 2.30. The van der Waals surface area contributed by atoms with Crippen LogP contribution in [0.5, 0.6) is 0 Å². The molecule has 4 heteroatoms. The molecular weight excluding hydrogens is 260 g/mol. The van der Waals surface area contributed by atoms with E-state index >= 15 is 0 Å². The molecule has 2 N–H and O–H groups in total. The lowest BCUT2D eigenvalue weighted by Crippen LogP contribution is -1.92. The third-order valence-corrected chi connectivity index (χ3v) is 4.79. The van der Waals surface area contributed by atoms with Gasteiger partial charge in [0.25, 0.3) is 0 Å². The molecule has 1 aromatic carbocycles. The molecule has 2 nitrogen and oxygen atoms in total. The summed E-state index contributed by atoms with van der Waals surface area (Å²) in [6.45, 7) is 4.23. The SMILES string of the molecule is CCCc1nc(CSc2cccc(C)c2N)cs1. The molecule has 2 rings (SSSR count). The summed E-state index contributed by atoms with van der Waals surface area (Å²) in [7, 11) is 0. The quantitative estimate of drug-likeness (QED) is 0.655. The van der Waals surface area contributed by atoms with E-state index in [0.29, 0.717) is 0 Å². The fourth-order valence-corrected chi connectivity index (χ4v) is 3.62. The Labute approximate surface area is 117 Å². The van der Waals surface area contributed by atoms with Gasteiger partial charge in [0.15, 0.2) is 0 Å². The van der Waals surface area contributed by atoms with Crippen molar-refractivity contribution in [2.75, 3.05) is 5.73 Å². The van der Waals surface area contributed by atoms with Gasteiger partial charge in [-0.1, -0.05) is 19.1 Å². The predicted octanol–water partition coefficient (Wildman–Crippen LogP) is 4.28. The van der Waals surface area contributed by atoms with Crippen LogP contribution in [0.1, 0.15) is 29.6 Å². The summed E-state index contributed by atoms with van der Waals surface area (Å²) in [4.78, 5) is 5.78. The van der Waals surface area contributed by atoms with Crippen molar-refractivity contribution in [2.24, 2.45) is 0 Å². The molecule has 0 amide bonds. The molecule has 1 aromatic heterocycles. The summed E-state index contributed by atoms with van der Waals surface area (Å²) in [6, 6.07) is 6.17.